The van der Waals surface area contributed by atoms with Crippen molar-refractivity contribution in [1.82, 2.24) is 5.32 Å². The van der Waals surface area contributed by atoms with Gasteiger partial charge in [0.1, 0.15) is 0 Å². The minimum Gasteiger partial charge on any atom is -0.313 e. The number of rotatable bonds is 4. The van der Waals surface area contributed by atoms with Gasteiger partial charge in [0.25, 0.3) is 0 Å². The third-order valence-corrected chi connectivity index (χ3v) is 2.69. The Hall–Kier alpha value is -0.0100. The lowest BCUT2D eigenvalue weighted by molar-refractivity contribution is 0.347. The van der Waals surface area contributed by atoms with E-state index in [1.54, 1.807) is 5.54 Å². The third-order valence-electron chi connectivity index (χ3n) is 2.51. The Morgan fingerprint density at radius 3 is 2.67 bits per heavy atom. The molecule has 0 aliphatic heterocycles. The first-order valence-electron chi connectivity index (χ1n) is 4.89. The zero-order valence-electron chi connectivity index (χ0n) is 7.56. The molecule has 1 aliphatic rings. The molecule has 1 aliphatic carbocycles. The van der Waals surface area contributed by atoms with Gasteiger partial charge in [0.15, 0.2) is 0 Å². The van der Waals surface area contributed by atoms with E-state index in [0.29, 0.717) is 0 Å². The zero-order valence-corrected chi connectivity index (χ0v) is 8.32. The molecule has 0 aromatic heterocycles. The van der Waals surface area contributed by atoms with Crippen LogP contribution in [0.2, 0.25) is 0 Å². The van der Waals surface area contributed by atoms with Crippen LogP contribution in [-0.4, -0.2) is 13.1 Å². The van der Waals surface area contributed by atoms with Crippen molar-refractivity contribution >= 4 is 11.6 Å². The molecule has 0 saturated heterocycles. The van der Waals surface area contributed by atoms with Crippen LogP contribution in [0.5, 0.6) is 0 Å². The van der Waals surface area contributed by atoms with Crippen molar-refractivity contribution in [2.45, 2.75) is 32.1 Å². The third kappa shape index (κ3) is 4.13. The van der Waals surface area contributed by atoms with Crippen LogP contribution in [0.15, 0.2) is 11.6 Å². The first kappa shape index (κ1) is 10.1. The van der Waals surface area contributed by atoms with Crippen LogP contribution in [0.25, 0.3) is 0 Å². The standard InChI is InChI=1S/C10H18ClN/c11-7-4-8-12-9-10-5-2-1-3-6-10/h4,7,10,12H,1-3,5-6,8-9H2/b7-4+. The Bertz CT molecular complexity index is 128. The maximum absolute atomic E-state index is 5.40. The molecular formula is C10H18ClN. The molecule has 2 heteroatoms. The summed E-state index contributed by atoms with van der Waals surface area (Å²) in [7, 11) is 0. The van der Waals surface area contributed by atoms with Gasteiger partial charge in [0.05, 0.1) is 0 Å². The molecule has 1 fully saturated rings. The summed E-state index contributed by atoms with van der Waals surface area (Å²) in [6.45, 7) is 2.08. The maximum Gasteiger partial charge on any atom is 0.0146 e. The Morgan fingerprint density at radius 1 is 1.25 bits per heavy atom. The molecule has 0 bridgehead atoms. The van der Waals surface area contributed by atoms with Crippen molar-refractivity contribution in [3.05, 3.63) is 11.6 Å². The molecule has 12 heavy (non-hydrogen) atoms. The second-order valence-corrected chi connectivity index (χ2v) is 3.78. The fourth-order valence-electron chi connectivity index (χ4n) is 1.81. The van der Waals surface area contributed by atoms with E-state index >= 15 is 0 Å². The highest BCUT2D eigenvalue weighted by Crippen LogP contribution is 2.22. The molecule has 0 aromatic rings. The van der Waals surface area contributed by atoms with Gasteiger partial charge in [0.2, 0.25) is 0 Å². The maximum atomic E-state index is 5.40. The molecule has 0 spiro atoms. The monoisotopic (exact) mass is 187 g/mol. The molecule has 0 amide bonds. The molecule has 0 atom stereocenters. The summed E-state index contributed by atoms with van der Waals surface area (Å²) in [4.78, 5) is 0. The lowest BCUT2D eigenvalue weighted by Gasteiger charge is -2.21. The molecule has 0 unspecified atom stereocenters. The van der Waals surface area contributed by atoms with Crippen molar-refractivity contribution < 1.29 is 0 Å². The summed E-state index contributed by atoms with van der Waals surface area (Å²) in [5, 5.41) is 3.38. The van der Waals surface area contributed by atoms with Gasteiger partial charge in [-0.25, -0.2) is 0 Å². The minimum atomic E-state index is 0.917. The lowest BCUT2D eigenvalue weighted by atomic mass is 9.89. The summed E-state index contributed by atoms with van der Waals surface area (Å²) in [6, 6.07) is 0. The normalized spacial score (nSPS) is 20.4. The predicted octanol–water partition coefficient (Wildman–Crippen LogP) is 2.91. The Balaban J connectivity index is 1.97. The van der Waals surface area contributed by atoms with Crippen LogP contribution in [0.3, 0.4) is 0 Å². The smallest absolute Gasteiger partial charge is 0.0146 e. The van der Waals surface area contributed by atoms with Crippen LogP contribution in [-0.2, 0) is 0 Å². The summed E-state index contributed by atoms with van der Waals surface area (Å²) in [5.74, 6) is 0.919. The molecular weight excluding hydrogens is 170 g/mol. The summed E-state index contributed by atoms with van der Waals surface area (Å²) < 4.78 is 0. The van der Waals surface area contributed by atoms with Gasteiger partial charge in [-0.2, -0.15) is 0 Å². The average Bonchev–Trinajstić information content (AvgIpc) is 2.14. The first-order chi connectivity index (χ1) is 5.93. The van der Waals surface area contributed by atoms with Crippen LogP contribution in [0.4, 0.5) is 0 Å². The van der Waals surface area contributed by atoms with E-state index in [1.807, 2.05) is 6.08 Å². The van der Waals surface area contributed by atoms with E-state index < -0.39 is 0 Å². The molecule has 0 aromatic carbocycles. The highest BCUT2D eigenvalue weighted by atomic mass is 35.5. The van der Waals surface area contributed by atoms with E-state index in [2.05, 4.69) is 5.32 Å². The second kappa shape index (κ2) is 6.50. The topological polar surface area (TPSA) is 12.0 Å². The SMILES string of the molecule is Cl/C=C/CNCC1CCCCC1. The highest BCUT2D eigenvalue weighted by Gasteiger charge is 2.11. The second-order valence-electron chi connectivity index (χ2n) is 3.52. The molecule has 1 nitrogen and oxygen atoms in total. The molecule has 1 rings (SSSR count). The van der Waals surface area contributed by atoms with Crippen LogP contribution in [0, 0.1) is 5.92 Å². The summed E-state index contributed by atoms with van der Waals surface area (Å²) in [5.41, 5.74) is 1.58. The van der Waals surface area contributed by atoms with Gasteiger partial charge in [-0.1, -0.05) is 36.9 Å². The average molecular weight is 188 g/mol. The van der Waals surface area contributed by atoms with E-state index in [-0.39, 0.29) is 0 Å². The van der Waals surface area contributed by atoms with Crippen molar-refractivity contribution in [2.75, 3.05) is 13.1 Å². The number of hydrogen-bond donors (Lipinski definition) is 1. The number of nitrogens with one attached hydrogen (secondary N) is 1. The fraction of sp³-hybridized carbons (Fsp3) is 0.800. The van der Waals surface area contributed by atoms with Gasteiger partial charge in [0, 0.05) is 12.1 Å². The van der Waals surface area contributed by atoms with Gasteiger partial charge < -0.3 is 5.32 Å². The van der Waals surface area contributed by atoms with E-state index in [4.69, 9.17) is 11.6 Å². The number of hydrogen-bond acceptors (Lipinski definition) is 1. The van der Waals surface area contributed by atoms with Crippen molar-refractivity contribution in [3.8, 4) is 0 Å². The Morgan fingerprint density at radius 2 is 2.00 bits per heavy atom. The van der Waals surface area contributed by atoms with E-state index in [9.17, 15) is 0 Å². The predicted molar refractivity (Wildman–Crippen MR) is 54.4 cm³/mol. The van der Waals surface area contributed by atoms with Gasteiger partial charge in [-0.15, -0.1) is 0 Å². The van der Waals surface area contributed by atoms with Gasteiger partial charge in [-0.05, 0) is 25.3 Å². The minimum absolute atomic E-state index is 0.917. The Labute approximate surface area is 80.2 Å². The fourth-order valence-corrected chi connectivity index (χ4v) is 1.90. The highest BCUT2D eigenvalue weighted by molar-refractivity contribution is 6.25. The van der Waals surface area contributed by atoms with E-state index in [1.165, 1.54) is 38.6 Å². The van der Waals surface area contributed by atoms with Crippen molar-refractivity contribution in [3.63, 3.8) is 0 Å². The van der Waals surface area contributed by atoms with Gasteiger partial charge in [-0.3, -0.25) is 0 Å². The van der Waals surface area contributed by atoms with Crippen LogP contribution in [0.1, 0.15) is 32.1 Å². The lowest BCUT2D eigenvalue weighted by Crippen LogP contribution is -2.24. The summed E-state index contributed by atoms with van der Waals surface area (Å²) >= 11 is 5.40. The van der Waals surface area contributed by atoms with Crippen LogP contribution < -0.4 is 5.32 Å². The molecule has 0 radical (unpaired) electrons. The van der Waals surface area contributed by atoms with Gasteiger partial charge >= 0.3 is 0 Å². The Kier molecular flexibility index (Phi) is 5.46. The molecule has 1 N–H and O–H groups in total. The number of halogens is 1. The molecule has 70 valence electrons. The zero-order chi connectivity index (χ0) is 8.65. The van der Waals surface area contributed by atoms with Crippen molar-refractivity contribution in [1.29, 1.82) is 0 Å². The van der Waals surface area contributed by atoms with Crippen molar-refractivity contribution in [2.24, 2.45) is 5.92 Å². The largest absolute Gasteiger partial charge is 0.313 e. The first-order valence-corrected chi connectivity index (χ1v) is 5.33. The molecule has 1 saturated carbocycles. The van der Waals surface area contributed by atoms with E-state index in [0.717, 1.165) is 12.5 Å². The summed E-state index contributed by atoms with van der Waals surface area (Å²) in [6.07, 6.45) is 9.08. The molecule has 0 heterocycles. The quantitative estimate of drug-likeness (QED) is 0.668. The van der Waals surface area contributed by atoms with Crippen LogP contribution >= 0.6 is 11.6 Å².